The average molecular weight is 356 g/mol. The number of aryl methyl sites for hydroxylation is 1. The summed E-state index contributed by atoms with van der Waals surface area (Å²) >= 11 is 0. The van der Waals surface area contributed by atoms with Gasteiger partial charge in [-0.05, 0) is 30.7 Å². The second-order valence-corrected chi connectivity index (χ2v) is 6.33. The van der Waals surface area contributed by atoms with Gasteiger partial charge in [0.1, 0.15) is 0 Å². The molecule has 2 atom stereocenters. The minimum absolute atomic E-state index is 0.00886. The second-order valence-electron chi connectivity index (χ2n) is 6.33. The first-order valence-electron chi connectivity index (χ1n) is 8.26. The molecule has 0 radical (unpaired) electrons. The van der Waals surface area contributed by atoms with E-state index < -0.39 is 5.97 Å². The molecule has 26 heavy (non-hydrogen) atoms. The van der Waals surface area contributed by atoms with Crippen LogP contribution >= 0.6 is 0 Å². The molecule has 8 heteroatoms. The molecule has 136 valence electrons. The number of likely N-dealkylation sites (N-methyl/N-ethyl adjacent to an activating group) is 1. The summed E-state index contributed by atoms with van der Waals surface area (Å²) in [4.78, 5) is 37.5. The summed E-state index contributed by atoms with van der Waals surface area (Å²) in [5, 5.41) is 16.2. The van der Waals surface area contributed by atoms with Gasteiger partial charge in [-0.3, -0.25) is 14.3 Å². The summed E-state index contributed by atoms with van der Waals surface area (Å²) in [6, 6.07) is 7.07. The van der Waals surface area contributed by atoms with E-state index >= 15 is 0 Å². The average Bonchev–Trinajstić information content (AvgIpc) is 3.04. The minimum Gasteiger partial charge on any atom is -0.478 e. The summed E-state index contributed by atoms with van der Waals surface area (Å²) in [6.45, 7) is 0. The van der Waals surface area contributed by atoms with Crippen LogP contribution in [0.3, 0.4) is 0 Å². The van der Waals surface area contributed by atoms with Crippen LogP contribution in [0.15, 0.2) is 36.5 Å². The van der Waals surface area contributed by atoms with E-state index in [2.05, 4.69) is 10.4 Å². The number of hydrogen-bond acceptors (Lipinski definition) is 4. The SMILES string of the molecule is CN1C(=O)CC[C@@H](NC(=O)c2cccc(C(=O)O)c2)[C@@H]1c1ccnn1C. The Balaban J connectivity index is 1.86. The normalized spacial score (nSPS) is 20.1. The van der Waals surface area contributed by atoms with Gasteiger partial charge in [0.05, 0.1) is 23.3 Å². The number of aromatic carboxylic acids is 1. The number of nitrogens with one attached hydrogen (secondary N) is 1. The Morgan fingerprint density at radius 1 is 1.23 bits per heavy atom. The van der Waals surface area contributed by atoms with Crippen molar-refractivity contribution in [1.82, 2.24) is 20.0 Å². The van der Waals surface area contributed by atoms with E-state index in [1.165, 1.54) is 18.2 Å². The van der Waals surface area contributed by atoms with Gasteiger partial charge >= 0.3 is 5.97 Å². The Labute approximate surface area is 150 Å². The molecule has 3 rings (SSSR count). The highest BCUT2D eigenvalue weighted by atomic mass is 16.4. The third-order valence-corrected chi connectivity index (χ3v) is 4.71. The molecule has 2 heterocycles. The van der Waals surface area contributed by atoms with Crippen LogP contribution in [0.25, 0.3) is 0 Å². The number of piperidine rings is 1. The lowest BCUT2D eigenvalue weighted by atomic mass is 9.93. The van der Waals surface area contributed by atoms with Crippen molar-refractivity contribution in [3.63, 3.8) is 0 Å². The van der Waals surface area contributed by atoms with Crippen molar-refractivity contribution in [2.45, 2.75) is 24.9 Å². The molecule has 0 spiro atoms. The van der Waals surface area contributed by atoms with Gasteiger partial charge in [0.15, 0.2) is 0 Å². The number of hydrogen-bond donors (Lipinski definition) is 2. The highest BCUT2D eigenvalue weighted by Crippen LogP contribution is 2.30. The maximum absolute atomic E-state index is 12.6. The number of carboxylic acid groups (broad SMARTS) is 1. The molecule has 1 aromatic carbocycles. The highest BCUT2D eigenvalue weighted by molar-refractivity contribution is 5.97. The van der Waals surface area contributed by atoms with Crippen LogP contribution in [-0.2, 0) is 11.8 Å². The first-order chi connectivity index (χ1) is 12.4. The zero-order chi connectivity index (χ0) is 18.8. The zero-order valence-corrected chi connectivity index (χ0v) is 14.5. The molecule has 0 bridgehead atoms. The molecule has 8 nitrogen and oxygen atoms in total. The maximum atomic E-state index is 12.6. The van der Waals surface area contributed by atoms with E-state index in [0.717, 1.165) is 5.69 Å². The lowest BCUT2D eigenvalue weighted by molar-refractivity contribution is -0.136. The van der Waals surface area contributed by atoms with Gasteiger partial charge in [0.2, 0.25) is 5.91 Å². The molecule has 1 fully saturated rings. The smallest absolute Gasteiger partial charge is 0.335 e. The van der Waals surface area contributed by atoms with E-state index in [1.807, 2.05) is 6.07 Å². The van der Waals surface area contributed by atoms with Crippen molar-refractivity contribution in [2.24, 2.45) is 7.05 Å². The van der Waals surface area contributed by atoms with Crippen molar-refractivity contribution in [3.8, 4) is 0 Å². The quantitative estimate of drug-likeness (QED) is 0.857. The van der Waals surface area contributed by atoms with E-state index in [0.29, 0.717) is 12.8 Å². The molecule has 1 aliphatic rings. The topological polar surface area (TPSA) is 105 Å². The molecule has 0 aliphatic carbocycles. The Bertz CT molecular complexity index is 860. The summed E-state index contributed by atoms with van der Waals surface area (Å²) < 4.78 is 1.68. The number of carboxylic acids is 1. The van der Waals surface area contributed by atoms with E-state index in [-0.39, 0.29) is 35.0 Å². The van der Waals surface area contributed by atoms with Gasteiger partial charge in [-0.1, -0.05) is 6.07 Å². The first kappa shape index (κ1) is 17.7. The second kappa shape index (κ2) is 6.99. The molecule has 1 aromatic heterocycles. The van der Waals surface area contributed by atoms with E-state index in [1.54, 1.807) is 35.9 Å². The van der Waals surface area contributed by atoms with Crippen molar-refractivity contribution < 1.29 is 19.5 Å². The molecular weight excluding hydrogens is 336 g/mol. The monoisotopic (exact) mass is 356 g/mol. The number of carbonyl (C=O) groups is 3. The fourth-order valence-electron chi connectivity index (χ4n) is 3.31. The molecule has 0 unspecified atom stereocenters. The lowest BCUT2D eigenvalue weighted by Gasteiger charge is -2.39. The van der Waals surface area contributed by atoms with Crippen LogP contribution in [-0.4, -0.2) is 50.7 Å². The highest BCUT2D eigenvalue weighted by Gasteiger charge is 2.37. The molecule has 1 saturated heterocycles. The van der Waals surface area contributed by atoms with Crippen molar-refractivity contribution in [2.75, 3.05) is 7.05 Å². The predicted molar refractivity (Wildman–Crippen MR) is 92.6 cm³/mol. The number of carbonyl (C=O) groups excluding carboxylic acids is 2. The first-order valence-corrected chi connectivity index (χ1v) is 8.26. The van der Waals surface area contributed by atoms with Crippen LogP contribution < -0.4 is 5.32 Å². The standard InChI is InChI=1S/C18H20N4O4/c1-21-15(23)7-6-13(16(21)14-8-9-19-22(14)2)20-17(24)11-4-3-5-12(10-11)18(25)26/h3-5,8-10,13,16H,6-7H2,1-2H3,(H,20,24)(H,25,26)/t13-,16-/m1/s1. The third-order valence-electron chi connectivity index (χ3n) is 4.71. The molecular formula is C18H20N4O4. The summed E-state index contributed by atoms with van der Waals surface area (Å²) in [5.41, 5.74) is 1.15. The Kier molecular flexibility index (Phi) is 4.75. The molecule has 2 aromatic rings. The number of rotatable bonds is 4. The molecule has 0 saturated carbocycles. The number of likely N-dealkylation sites (tertiary alicyclic amines) is 1. The summed E-state index contributed by atoms with van der Waals surface area (Å²) in [6.07, 6.45) is 2.49. The van der Waals surface area contributed by atoms with Gasteiger partial charge in [-0.15, -0.1) is 0 Å². The number of nitrogens with zero attached hydrogens (tertiary/aromatic N) is 3. The molecule has 2 amide bonds. The van der Waals surface area contributed by atoms with E-state index in [4.69, 9.17) is 5.11 Å². The Hall–Kier alpha value is -3.16. The van der Waals surface area contributed by atoms with Crippen LogP contribution in [0.5, 0.6) is 0 Å². The van der Waals surface area contributed by atoms with Gasteiger partial charge < -0.3 is 15.3 Å². The van der Waals surface area contributed by atoms with Crippen LogP contribution in [0.1, 0.15) is 45.3 Å². The lowest BCUT2D eigenvalue weighted by Crippen LogP contribution is -2.51. The number of amides is 2. The van der Waals surface area contributed by atoms with Gasteiger partial charge in [-0.2, -0.15) is 5.10 Å². The fourth-order valence-corrected chi connectivity index (χ4v) is 3.31. The third kappa shape index (κ3) is 3.30. The number of benzene rings is 1. The van der Waals surface area contributed by atoms with Gasteiger partial charge in [0.25, 0.3) is 5.91 Å². The van der Waals surface area contributed by atoms with Gasteiger partial charge in [-0.25, -0.2) is 4.79 Å². The van der Waals surface area contributed by atoms with Crippen LogP contribution in [0, 0.1) is 0 Å². The predicted octanol–water partition coefficient (Wildman–Crippen LogP) is 1.21. The molecule has 2 N–H and O–H groups in total. The van der Waals surface area contributed by atoms with Crippen LogP contribution in [0.2, 0.25) is 0 Å². The van der Waals surface area contributed by atoms with Gasteiger partial charge in [0, 0.05) is 32.3 Å². The fraction of sp³-hybridized carbons (Fsp3) is 0.333. The summed E-state index contributed by atoms with van der Waals surface area (Å²) in [7, 11) is 3.50. The number of aromatic nitrogens is 2. The zero-order valence-electron chi connectivity index (χ0n) is 14.5. The molecule has 1 aliphatic heterocycles. The Morgan fingerprint density at radius 3 is 2.62 bits per heavy atom. The largest absolute Gasteiger partial charge is 0.478 e. The van der Waals surface area contributed by atoms with Crippen molar-refractivity contribution >= 4 is 17.8 Å². The Morgan fingerprint density at radius 2 is 1.96 bits per heavy atom. The maximum Gasteiger partial charge on any atom is 0.335 e. The van der Waals surface area contributed by atoms with E-state index in [9.17, 15) is 14.4 Å². The van der Waals surface area contributed by atoms with Crippen molar-refractivity contribution in [1.29, 1.82) is 0 Å². The summed E-state index contributed by atoms with van der Waals surface area (Å²) in [5.74, 6) is -1.45. The van der Waals surface area contributed by atoms with Crippen LogP contribution in [0.4, 0.5) is 0 Å². The van der Waals surface area contributed by atoms with Crippen molar-refractivity contribution in [3.05, 3.63) is 53.3 Å². The minimum atomic E-state index is -1.09.